The molecule has 2 aliphatic rings. The molecule has 2 fully saturated rings. The Morgan fingerprint density at radius 2 is 2.14 bits per heavy atom. The van der Waals surface area contributed by atoms with Crippen molar-refractivity contribution in [2.24, 2.45) is 4.99 Å². The molecule has 2 rings (SSSR count). The highest BCUT2D eigenvalue weighted by atomic mass is 32.2. The van der Waals surface area contributed by atoms with E-state index in [1.807, 2.05) is 18.8 Å². The predicted octanol–water partition coefficient (Wildman–Crippen LogP) is 2.31. The van der Waals surface area contributed by atoms with Crippen molar-refractivity contribution in [1.29, 1.82) is 0 Å². The minimum atomic E-state index is 0.599. The van der Waals surface area contributed by atoms with Crippen LogP contribution in [0, 0.1) is 0 Å². The number of thioether (sulfide) groups is 1. The Morgan fingerprint density at radius 1 is 1.29 bits per heavy atom. The van der Waals surface area contributed by atoms with E-state index in [-0.39, 0.29) is 0 Å². The van der Waals surface area contributed by atoms with Crippen LogP contribution in [0.2, 0.25) is 0 Å². The molecular weight excluding hydrogens is 280 g/mol. The molecule has 4 nitrogen and oxygen atoms in total. The smallest absolute Gasteiger partial charge is 0.191 e. The van der Waals surface area contributed by atoms with Gasteiger partial charge in [-0.3, -0.25) is 9.89 Å². The third-order valence-corrected chi connectivity index (χ3v) is 6.04. The number of piperidine rings is 1. The lowest BCUT2D eigenvalue weighted by atomic mass is 10.0. The molecule has 1 aliphatic heterocycles. The highest BCUT2D eigenvalue weighted by molar-refractivity contribution is 7.99. The number of aliphatic imine (C=N–C) groups is 1. The molecule has 1 saturated heterocycles. The van der Waals surface area contributed by atoms with Gasteiger partial charge in [0.15, 0.2) is 5.96 Å². The van der Waals surface area contributed by atoms with Crippen molar-refractivity contribution in [1.82, 2.24) is 15.5 Å². The molecule has 0 spiro atoms. The Bertz CT molecular complexity index is 334. The minimum Gasteiger partial charge on any atom is -0.355 e. The molecule has 0 aromatic heterocycles. The van der Waals surface area contributed by atoms with E-state index in [9.17, 15) is 0 Å². The molecule has 0 aromatic rings. The van der Waals surface area contributed by atoms with Crippen molar-refractivity contribution >= 4 is 17.7 Å². The van der Waals surface area contributed by atoms with Gasteiger partial charge in [-0.25, -0.2) is 0 Å². The summed E-state index contributed by atoms with van der Waals surface area (Å²) < 4.78 is 0. The molecule has 3 unspecified atom stereocenters. The van der Waals surface area contributed by atoms with Gasteiger partial charge in [-0.15, -0.1) is 0 Å². The van der Waals surface area contributed by atoms with Crippen LogP contribution in [0.3, 0.4) is 0 Å². The quantitative estimate of drug-likeness (QED) is 0.604. The largest absolute Gasteiger partial charge is 0.355 e. The summed E-state index contributed by atoms with van der Waals surface area (Å²) in [5.41, 5.74) is 0. The standard InChI is InChI=1S/C16H32N4S/c1-4-20-10-6-5-7-14(20)12-18-16(17-2)19-13-8-9-15(11-13)21-3/h13-15H,4-12H2,1-3H3,(H2,17,18,19). The average Bonchev–Trinajstić information content (AvgIpc) is 2.99. The van der Waals surface area contributed by atoms with Crippen LogP contribution in [0.15, 0.2) is 4.99 Å². The maximum absolute atomic E-state index is 4.41. The van der Waals surface area contributed by atoms with Gasteiger partial charge in [0.1, 0.15) is 0 Å². The molecular formula is C16H32N4S. The third-order valence-electron chi connectivity index (χ3n) is 4.94. The summed E-state index contributed by atoms with van der Waals surface area (Å²) in [6.07, 6.45) is 10.1. The lowest BCUT2D eigenvalue weighted by Crippen LogP contribution is -2.50. The van der Waals surface area contributed by atoms with Crippen LogP contribution in [0.4, 0.5) is 0 Å². The molecule has 1 saturated carbocycles. The Labute approximate surface area is 134 Å². The average molecular weight is 313 g/mol. The summed E-state index contributed by atoms with van der Waals surface area (Å²) in [5.74, 6) is 0.989. The zero-order valence-electron chi connectivity index (χ0n) is 13.9. The van der Waals surface area contributed by atoms with Crippen LogP contribution >= 0.6 is 11.8 Å². The van der Waals surface area contributed by atoms with Gasteiger partial charge in [0.05, 0.1) is 0 Å². The van der Waals surface area contributed by atoms with E-state index in [4.69, 9.17) is 0 Å². The summed E-state index contributed by atoms with van der Waals surface area (Å²) in [6, 6.07) is 1.27. The first kappa shape index (κ1) is 16.9. The van der Waals surface area contributed by atoms with Crippen molar-refractivity contribution in [3.63, 3.8) is 0 Å². The van der Waals surface area contributed by atoms with Gasteiger partial charge < -0.3 is 10.6 Å². The summed E-state index contributed by atoms with van der Waals surface area (Å²) >= 11 is 2.00. The highest BCUT2D eigenvalue weighted by Gasteiger charge is 2.25. The molecule has 5 heteroatoms. The number of nitrogens with zero attached hydrogens (tertiary/aromatic N) is 2. The second-order valence-corrected chi connectivity index (χ2v) is 7.38. The van der Waals surface area contributed by atoms with Crippen LogP contribution in [0.1, 0.15) is 45.4 Å². The minimum absolute atomic E-state index is 0.599. The first-order valence-corrected chi connectivity index (χ1v) is 9.79. The van der Waals surface area contributed by atoms with E-state index in [2.05, 4.69) is 33.7 Å². The van der Waals surface area contributed by atoms with Gasteiger partial charge in [-0.05, 0) is 51.4 Å². The number of likely N-dealkylation sites (N-methyl/N-ethyl adjacent to an activating group) is 1. The molecule has 0 bridgehead atoms. The fourth-order valence-electron chi connectivity index (χ4n) is 3.60. The maximum Gasteiger partial charge on any atom is 0.191 e. The van der Waals surface area contributed by atoms with Crippen LogP contribution in [-0.4, -0.2) is 61.1 Å². The van der Waals surface area contributed by atoms with Crippen molar-refractivity contribution in [3.05, 3.63) is 0 Å². The zero-order valence-corrected chi connectivity index (χ0v) is 14.7. The molecule has 1 heterocycles. The zero-order chi connectivity index (χ0) is 15.1. The molecule has 3 atom stereocenters. The summed E-state index contributed by atoms with van der Waals surface area (Å²) in [5, 5.41) is 7.99. The SMILES string of the molecule is CCN1CCCCC1CNC(=NC)NC1CCC(SC)C1. The Kier molecular flexibility index (Phi) is 7.17. The summed E-state index contributed by atoms with van der Waals surface area (Å²) in [7, 11) is 1.88. The number of likely N-dealkylation sites (tertiary alicyclic amines) is 1. The predicted molar refractivity (Wildman–Crippen MR) is 94.3 cm³/mol. The first-order chi connectivity index (χ1) is 10.3. The number of guanidine groups is 1. The van der Waals surface area contributed by atoms with Gasteiger partial charge >= 0.3 is 0 Å². The van der Waals surface area contributed by atoms with Crippen molar-refractivity contribution < 1.29 is 0 Å². The van der Waals surface area contributed by atoms with E-state index in [1.165, 1.54) is 45.1 Å². The molecule has 2 N–H and O–H groups in total. The van der Waals surface area contributed by atoms with E-state index >= 15 is 0 Å². The van der Waals surface area contributed by atoms with E-state index in [0.29, 0.717) is 12.1 Å². The van der Waals surface area contributed by atoms with Gasteiger partial charge in [-0.2, -0.15) is 11.8 Å². The van der Waals surface area contributed by atoms with Gasteiger partial charge in [0.2, 0.25) is 0 Å². The van der Waals surface area contributed by atoms with Crippen LogP contribution < -0.4 is 10.6 Å². The van der Waals surface area contributed by atoms with Gasteiger partial charge in [0, 0.05) is 30.9 Å². The second kappa shape index (κ2) is 8.89. The Morgan fingerprint density at radius 3 is 2.81 bits per heavy atom. The second-order valence-electron chi connectivity index (χ2n) is 6.24. The molecule has 21 heavy (non-hydrogen) atoms. The van der Waals surface area contributed by atoms with E-state index < -0.39 is 0 Å². The summed E-state index contributed by atoms with van der Waals surface area (Å²) in [4.78, 5) is 7.01. The van der Waals surface area contributed by atoms with E-state index in [0.717, 1.165) is 24.3 Å². The van der Waals surface area contributed by atoms with Crippen LogP contribution in [0.5, 0.6) is 0 Å². The number of nitrogens with one attached hydrogen (secondary N) is 2. The lowest BCUT2D eigenvalue weighted by molar-refractivity contribution is 0.157. The van der Waals surface area contributed by atoms with Crippen molar-refractivity contribution in [2.75, 3.05) is 32.9 Å². The Hall–Kier alpha value is -0.420. The number of hydrogen-bond acceptors (Lipinski definition) is 3. The highest BCUT2D eigenvalue weighted by Crippen LogP contribution is 2.28. The third kappa shape index (κ3) is 5.06. The van der Waals surface area contributed by atoms with Crippen molar-refractivity contribution in [3.8, 4) is 0 Å². The molecule has 1 aliphatic carbocycles. The lowest BCUT2D eigenvalue weighted by Gasteiger charge is -2.35. The monoisotopic (exact) mass is 312 g/mol. The fraction of sp³-hybridized carbons (Fsp3) is 0.938. The van der Waals surface area contributed by atoms with Crippen LogP contribution in [-0.2, 0) is 0 Å². The Balaban J connectivity index is 1.75. The molecule has 0 amide bonds. The molecule has 0 radical (unpaired) electrons. The van der Waals surface area contributed by atoms with E-state index in [1.54, 1.807) is 0 Å². The number of rotatable bonds is 5. The van der Waals surface area contributed by atoms with Crippen molar-refractivity contribution in [2.45, 2.75) is 62.8 Å². The molecule has 0 aromatic carbocycles. The fourth-order valence-corrected chi connectivity index (χ4v) is 4.39. The summed E-state index contributed by atoms with van der Waals surface area (Å²) in [6.45, 7) is 5.71. The van der Waals surface area contributed by atoms with Gasteiger partial charge in [-0.1, -0.05) is 13.3 Å². The first-order valence-electron chi connectivity index (χ1n) is 8.50. The normalized spacial score (nSPS) is 31.4. The maximum atomic E-state index is 4.41. The topological polar surface area (TPSA) is 39.7 Å². The molecule has 122 valence electrons. The number of hydrogen-bond donors (Lipinski definition) is 2. The van der Waals surface area contributed by atoms with Crippen LogP contribution in [0.25, 0.3) is 0 Å². The van der Waals surface area contributed by atoms with Gasteiger partial charge in [0.25, 0.3) is 0 Å².